The summed E-state index contributed by atoms with van der Waals surface area (Å²) in [6, 6.07) is 10.3. The van der Waals surface area contributed by atoms with E-state index < -0.39 is 0 Å². The van der Waals surface area contributed by atoms with Crippen LogP contribution in [0.2, 0.25) is 0 Å². The number of morpholine rings is 1. The van der Waals surface area contributed by atoms with Gasteiger partial charge in [-0.15, -0.1) is 5.10 Å². The lowest BCUT2D eigenvalue weighted by atomic mass is 10.1. The Hall–Kier alpha value is -2.51. The summed E-state index contributed by atoms with van der Waals surface area (Å²) in [7, 11) is 0. The minimum Gasteiger partial charge on any atom is -0.379 e. The maximum absolute atomic E-state index is 5.40. The van der Waals surface area contributed by atoms with Crippen molar-refractivity contribution in [1.29, 1.82) is 0 Å². The van der Waals surface area contributed by atoms with Gasteiger partial charge in [-0.2, -0.15) is 0 Å². The Morgan fingerprint density at radius 2 is 1.81 bits per heavy atom. The highest BCUT2D eigenvalue weighted by Crippen LogP contribution is 2.20. The van der Waals surface area contributed by atoms with Crippen molar-refractivity contribution in [2.45, 2.75) is 20.4 Å². The van der Waals surface area contributed by atoms with Crippen LogP contribution < -0.4 is 5.32 Å². The van der Waals surface area contributed by atoms with E-state index in [2.05, 4.69) is 52.6 Å². The molecule has 4 rings (SSSR count). The number of nitrogens with one attached hydrogen (secondary N) is 1. The van der Waals surface area contributed by atoms with E-state index in [4.69, 9.17) is 9.72 Å². The third-order valence-electron chi connectivity index (χ3n) is 4.59. The number of hydrogen-bond donors (Lipinski definition) is 1. The van der Waals surface area contributed by atoms with Crippen LogP contribution in [0.25, 0.3) is 11.2 Å². The highest BCUT2D eigenvalue weighted by atomic mass is 16.5. The first-order chi connectivity index (χ1) is 12.7. The number of hydrogen-bond acceptors (Lipinski definition) is 6. The van der Waals surface area contributed by atoms with Crippen LogP contribution in [0, 0.1) is 13.8 Å². The van der Waals surface area contributed by atoms with E-state index >= 15 is 0 Å². The van der Waals surface area contributed by atoms with E-state index in [1.165, 1.54) is 11.1 Å². The fraction of sp³-hybridized carbons (Fsp3) is 0.421. The molecule has 0 saturated carbocycles. The van der Waals surface area contributed by atoms with Crippen molar-refractivity contribution in [3.05, 3.63) is 41.5 Å². The molecule has 2 aromatic heterocycles. The number of fused-ring (bicyclic) bond motifs is 1. The molecule has 136 valence electrons. The molecular weight excluding hydrogens is 328 g/mol. The lowest BCUT2D eigenvalue weighted by Crippen LogP contribution is -2.38. The van der Waals surface area contributed by atoms with Gasteiger partial charge in [0.1, 0.15) is 11.3 Å². The summed E-state index contributed by atoms with van der Waals surface area (Å²) in [5.74, 6) is 0.803. The summed E-state index contributed by atoms with van der Waals surface area (Å²) >= 11 is 0. The average molecular weight is 352 g/mol. The first kappa shape index (κ1) is 16.9. The van der Waals surface area contributed by atoms with Gasteiger partial charge < -0.3 is 10.1 Å². The summed E-state index contributed by atoms with van der Waals surface area (Å²) < 4.78 is 7.29. The van der Waals surface area contributed by atoms with E-state index in [-0.39, 0.29) is 0 Å². The SMILES string of the molecule is Cc1cc(C)cc(Nc2ccc3nnn(CCN4CCOCC4)c3n2)c1. The number of nitrogens with zero attached hydrogens (tertiary/aromatic N) is 5. The summed E-state index contributed by atoms with van der Waals surface area (Å²) in [6.45, 7) is 9.45. The first-order valence-corrected chi connectivity index (χ1v) is 9.03. The van der Waals surface area contributed by atoms with Crippen LogP contribution in [0.3, 0.4) is 0 Å². The summed E-state index contributed by atoms with van der Waals surface area (Å²) in [6.07, 6.45) is 0. The van der Waals surface area contributed by atoms with Crippen molar-refractivity contribution in [3.8, 4) is 0 Å². The van der Waals surface area contributed by atoms with Crippen LogP contribution in [0.15, 0.2) is 30.3 Å². The molecule has 0 spiro atoms. The van der Waals surface area contributed by atoms with E-state index in [1.807, 2.05) is 16.8 Å². The van der Waals surface area contributed by atoms with Gasteiger partial charge in [-0.3, -0.25) is 4.90 Å². The van der Waals surface area contributed by atoms with E-state index in [9.17, 15) is 0 Å². The molecule has 0 atom stereocenters. The maximum atomic E-state index is 5.40. The van der Waals surface area contributed by atoms with Gasteiger partial charge in [0, 0.05) is 25.3 Å². The highest BCUT2D eigenvalue weighted by molar-refractivity contribution is 5.73. The predicted molar refractivity (Wildman–Crippen MR) is 102 cm³/mol. The van der Waals surface area contributed by atoms with Crippen LogP contribution in [0.4, 0.5) is 11.5 Å². The van der Waals surface area contributed by atoms with Gasteiger partial charge in [0.25, 0.3) is 0 Å². The molecule has 0 radical (unpaired) electrons. The molecule has 1 aromatic carbocycles. The smallest absolute Gasteiger partial charge is 0.180 e. The summed E-state index contributed by atoms with van der Waals surface area (Å²) in [5.41, 5.74) is 5.13. The number of pyridine rings is 1. The number of ether oxygens (including phenoxy) is 1. The van der Waals surface area contributed by atoms with Gasteiger partial charge in [-0.05, 0) is 49.2 Å². The zero-order valence-electron chi connectivity index (χ0n) is 15.3. The van der Waals surface area contributed by atoms with Gasteiger partial charge in [-0.1, -0.05) is 11.3 Å². The van der Waals surface area contributed by atoms with Crippen molar-refractivity contribution in [3.63, 3.8) is 0 Å². The monoisotopic (exact) mass is 352 g/mol. The predicted octanol–water partition coefficient (Wildman–Crippen LogP) is 2.52. The number of aryl methyl sites for hydroxylation is 2. The van der Waals surface area contributed by atoms with Gasteiger partial charge in [0.05, 0.1) is 19.8 Å². The van der Waals surface area contributed by atoms with Gasteiger partial charge >= 0.3 is 0 Å². The van der Waals surface area contributed by atoms with Crippen LogP contribution in [0.5, 0.6) is 0 Å². The Bertz CT molecular complexity index is 880. The van der Waals surface area contributed by atoms with E-state index in [0.717, 1.165) is 62.1 Å². The second kappa shape index (κ2) is 7.39. The average Bonchev–Trinajstić information content (AvgIpc) is 3.02. The molecule has 1 saturated heterocycles. The number of rotatable bonds is 5. The van der Waals surface area contributed by atoms with E-state index in [0.29, 0.717) is 0 Å². The first-order valence-electron chi connectivity index (χ1n) is 9.03. The minimum atomic E-state index is 0.774. The summed E-state index contributed by atoms with van der Waals surface area (Å²) in [4.78, 5) is 7.12. The molecule has 1 aliphatic heterocycles. The molecule has 3 aromatic rings. The molecule has 1 N–H and O–H groups in total. The fourth-order valence-electron chi connectivity index (χ4n) is 3.33. The number of anilines is 2. The van der Waals surface area contributed by atoms with Crippen molar-refractivity contribution < 1.29 is 4.74 Å². The highest BCUT2D eigenvalue weighted by Gasteiger charge is 2.12. The lowest BCUT2D eigenvalue weighted by Gasteiger charge is -2.26. The van der Waals surface area contributed by atoms with E-state index in [1.54, 1.807) is 0 Å². The topological polar surface area (TPSA) is 68.1 Å². The molecule has 0 bridgehead atoms. The minimum absolute atomic E-state index is 0.774. The number of benzene rings is 1. The molecule has 26 heavy (non-hydrogen) atoms. The third kappa shape index (κ3) is 3.84. The molecule has 0 amide bonds. The van der Waals surface area contributed by atoms with Crippen molar-refractivity contribution in [2.75, 3.05) is 38.2 Å². The maximum Gasteiger partial charge on any atom is 0.180 e. The zero-order chi connectivity index (χ0) is 17.9. The second-order valence-electron chi connectivity index (χ2n) is 6.81. The van der Waals surface area contributed by atoms with Gasteiger partial charge in [0.2, 0.25) is 0 Å². The molecule has 1 fully saturated rings. The normalized spacial score (nSPS) is 15.5. The zero-order valence-corrected chi connectivity index (χ0v) is 15.3. The Labute approximate surface area is 153 Å². The molecule has 7 nitrogen and oxygen atoms in total. The fourth-order valence-corrected chi connectivity index (χ4v) is 3.33. The Balaban J connectivity index is 1.52. The van der Waals surface area contributed by atoms with Crippen molar-refractivity contribution >= 4 is 22.7 Å². The molecular formula is C19H24N6O. The molecule has 3 heterocycles. The standard InChI is InChI=1S/C19H24N6O/c1-14-11-15(2)13-16(12-14)20-18-4-3-17-19(21-18)25(23-22-17)6-5-24-7-9-26-10-8-24/h3-4,11-13H,5-10H2,1-2H3,(H,20,21). The molecule has 1 aliphatic rings. The van der Waals surface area contributed by atoms with Gasteiger partial charge in [0.15, 0.2) is 5.65 Å². The van der Waals surface area contributed by atoms with Crippen LogP contribution in [-0.4, -0.2) is 57.7 Å². The molecule has 7 heteroatoms. The Morgan fingerprint density at radius 3 is 2.58 bits per heavy atom. The van der Waals surface area contributed by atoms with Crippen LogP contribution in [-0.2, 0) is 11.3 Å². The van der Waals surface area contributed by atoms with Crippen LogP contribution >= 0.6 is 0 Å². The van der Waals surface area contributed by atoms with Crippen molar-refractivity contribution in [1.82, 2.24) is 24.9 Å². The van der Waals surface area contributed by atoms with Crippen molar-refractivity contribution in [2.24, 2.45) is 0 Å². The van der Waals surface area contributed by atoms with Gasteiger partial charge in [-0.25, -0.2) is 9.67 Å². The Kier molecular flexibility index (Phi) is 4.81. The third-order valence-corrected chi connectivity index (χ3v) is 4.59. The largest absolute Gasteiger partial charge is 0.379 e. The molecule has 0 unspecified atom stereocenters. The van der Waals surface area contributed by atoms with Crippen LogP contribution in [0.1, 0.15) is 11.1 Å². The Morgan fingerprint density at radius 1 is 1.04 bits per heavy atom. The quantitative estimate of drug-likeness (QED) is 0.761. The second-order valence-corrected chi connectivity index (χ2v) is 6.81. The molecule has 0 aliphatic carbocycles. The lowest BCUT2D eigenvalue weighted by molar-refractivity contribution is 0.0360. The number of aromatic nitrogens is 4. The summed E-state index contributed by atoms with van der Waals surface area (Å²) in [5, 5.41) is 11.9.